The van der Waals surface area contributed by atoms with Gasteiger partial charge >= 0.3 is 0 Å². The van der Waals surface area contributed by atoms with Gasteiger partial charge in [-0.15, -0.1) is 0 Å². The zero-order valence-corrected chi connectivity index (χ0v) is 73.1. The van der Waals surface area contributed by atoms with Crippen molar-refractivity contribution in [3.63, 3.8) is 0 Å². The van der Waals surface area contributed by atoms with Crippen molar-refractivity contribution in [3.8, 4) is 67.3 Å². The Morgan fingerprint density at radius 2 is 0.443 bits per heavy atom. The first-order chi connectivity index (χ1) is 64.7. The fourth-order valence-electron chi connectivity index (χ4n) is 18.8. The standard InChI is InChI=1S/2C32H25N.C31H22FN.C30H22N2/c2*1-23-12-18-31-29(20-23)30-22-27(17-19-32(30)33(31)28-10-6-3-7-11-28)26-15-13-25(14-16-26)21-24-8-4-2-5-9-24;32-26-16-18-31-29(21-26)28-20-25(15-17-30(28)33(31)27-9-5-2-6-10-27)24-13-11-23(12-14-24)19-22-7-3-1-4-8-22;1-3-11-23(12-4-1)31-28-17-9-7-15-25(28)22-19-20-30-27(21-22)26-16-8-10-18-29(26)32(30)24-13-5-2-6-14-24/h2*2-20,22H,21H2,1H3;1-18,20-21H,19H2;1-21,31H. The summed E-state index contributed by atoms with van der Waals surface area (Å²) < 4.78 is 23.5. The molecule has 5 nitrogen and oxygen atoms in total. The van der Waals surface area contributed by atoms with E-state index >= 15 is 0 Å². The van der Waals surface area contributed by atoms with Crippen LogP contribution in [0.1, 0.15) is 44.5 Å². The fraction of sp³-hybridized carbons (Fsp3) is 0.0400. The number of halogens is 1. The largest absolute Gasteiger partial charge is 0.355 e. The summed E-state index contributed by atoms with van der Waals surface area (Å²) in [5.41, 5.74) is 36.5. The van der Waals surface area contributed by atoms with E-state index in [2.05, 4.69) is 480 Å². The first-order valence-corrected chi connectivity index (χ1v) is 45.1. The van der Waals surface area contributed by atoms with Gasteiger partial charge in [0.05, 0.1) is 44.1 Å². The second-order valence-electron chi connectivity index (χ2n) is 33.9. The van der Waals surface area contributed by atoms with Crippen LogP contribution in [0.25, 0.3) is 154 Å². The van der Waals surface area contributed by atoms with Crippen LogP contribution in [0.5, 0.6) is 0 Å². The van der Waals surface area contributed by atoms with E-state index in [-0.39, 0.29) is 5.82 Å². The number of anilines is 2. The number of hydrogen-bond donors (Lipinski definition) is 1. The summed E-state index contributed by atoms with van der Waals surface area (Å²) in [4.78, 5) is 0. The van der Waals surface area contributed by atoms with Crippen LogP contribution in [0.2, 0.25) is 0 Å². The molecule has 0 amide bonds. The van der Waals surface area contributed by atoms with Crippen LogP contribution in [0.4, 0.5) is 15.8 Å². The molecule has 20 aromatic carbocycles. The number of aromatic nitrogens is 4. The molecule has 0 aliphatic heterocycles. The predicted octanol–water partition coefficient (Wildman–Crippen LogP) is 33.1. The minimum atomic E-state index is -0.217. The van der Waals surface area contributed by atoms with E-state index in [4.69, 9.17) is 0 Å². The van der Waals surface area contributed by atoms with Crippen molar-refractivity contribution in [1.29, 1.82) is 0 Å². The van der Waals surface area contributed by atoms with Crippen LogP contribution in [0, 0.1) is 19.7 Å². The van der Waals surface area contributed by atoms with Crippen LogP contribution < -0.4 is 5.32 Å². The summed E-state index contributed by atoms with van der Waals surface area (Å²) in [5.74, 6) is -0.217. The van der Waals surface area contributed by atoms with Gasteiger partial charge in [-0.1, -0.05) is 339 Å². The van der Waals surface area contributed by atoms with E-state index < -0.39 is 0 Å². The molecule has 6 heteroatoms. The predicted molar refractivity (Wildman–Crippen MR) is 552 cm³/mol. The van der Waals surface area contributed by atoms with Crippen LogP contribution in [0.15, 0.2) is 491 Å². The molecular formula is C125H94FN5. The maximum absolute atomic E-state index is 14.2. The molecule has 0 bridgehead atoms. The maximum atomic E-state index is 14.2. The Bertz CT molecular complexity index is 7570. The third kappa shape index (κ3) is 17.1. The van der Waals surface area contributed by atoms with E-state index in [0.717, 1.165) is 69.3 Å². The molecule has 0 spiro atoms. The SMILES string of the molecule is Cc1ccc2c(c1)c1cc(-c3ccc(Cc4ccccc4)cc3)ccc1n2-c1ccccc1.Cc1ccc2c(c1)c1cc(-c3ccc(Cc4ccccc4)cc3)ccc1n2-c1ccccc1.Fc1ccc2c(c1)c1cc(-c3ccc(Cc4ccccc4)cc3)ccc1n2-c1ccccc1.c1ccc(Nc2ccccc2-c2ccc3c(c2)c2ccccc2n3-c2ccccc2)cc1. The monoisotopic (exact) mass is 1680 g/mol. The Morgan fingerprint density at radius 1 is 0.191 bits per heavy atom. The molecule has 24 rings (SSSR count). The van der Waals surface area contributed by atoms with Gasteiger partial charge in [-0.05, 0) is 269 Å². The van der Waals surface area contributed by atoms with E-state index in [1.165, 1.54) is 166 Å². The van der Waals surface area contributed by atoms with E-state index in [0.29, 0.717) is 0 Å². The first-order valence-electron chi connectivity index (χ1n) is 45.1. The summed E-state index contributed by atoms with van der Waals surface area (Å²) in [7, 11) is 0. The van der Waals surface area contributed by atoms with Crippen LogP contribution in [-0.2, 0) is 19.3 Å². The third-order valence-electron chi connectivity index (χ3n) is 25.2. The summed E-state index contributed by atoms with van der Waals surface area (Å²) in [5, 5.41) is 13.3. The van der Waals surface area contributed by atoms with Gasteiger partial charge in [0, 0.05) is 82.8 Å². The van der Waals surface area contributed by atoms with Crippen LogP contribution in [-0.4, -0.2) is 18.3 Å². The number of aryl methyl sites for hydroxylation is 2. The lowest BCUT2D eigenvalue weighted by Gasteiger charge is -2.13. The van der Waals surface area contributed by atoms with Gasteiger partial charge in [-0.3, -0.25) is 0 Å². The Kier molecular flexibility index (Phi) is 22.8. The zero-order valence-electron chi connectivity index (χ0n) is 73.1. The lowest BCUT2D eigenvalue weighted by Crippen LogP contribution is -1.94. The Morgan fingerprint density at radius 3 is 0.817 bits per heavy atom. The highest BCUT2D eigenvalue weighted by molar-refractivity contribution is 6.14. The van der Waals surface area contributed by atoms with Gasteiger partial charge < -0.3 is 23.6 Å². The van der Waals surface area contributed by atoms with Crippen LogP contribution >= 0.6 is 0 Å². The molecule has 131 heavy (non-hydrogen) atoms. The van der Waals surface area contributed by atoms with Crippen LogP contribution in [0.3, 0.4) is 0 Å². The molecule has 0 saturated carbocycles. The Labute approximate surface area is 763 Å². The van der Waals surface area contributed by atoms with Gasteiger partial charge in [0.2, 0.25) is 0 Å². The van der Waals surface area contributed by atoms with Gasteiger partial charge in [0.15, 0.2) is 0 Å². The molecule has 4 heterocycles. The van der Waals surface area contributed by atoms with Gasteiger partial charge in [-0.25, -0.2) is 4.39 Å². The number of nitrogens with zero attached hydrogens (tertiary/aromatic N) is 4. The summed E-state index contributed by atoms with van der Waals surface area (Å²) in [6.07, 6.45) is 2.85. The smallest absolute Gasteiger partial charge is 0.123 e. The normalized spacial score (nSPS) is 11.3. The van der Waals surface area contributed by atoms with Crippen molar-refractivity contribution in [3.05, 3.63) is 542 Å². The number of benzene rings is 20. The quantitative estimate of drug-likeness (QED) is 0.103. The lowest BCUT2D eigenvalue weighted by atomic mass is 9.99. The number of hydrogen-bond acceptors (Lipinski definition) is 1. The van der Waals surface area contributed by atoms with Crippen molar-refractivity contribution in [2.75, 3.05) is 5.32 Å². The highest BCUT2D eigenvalue weighted by Crippen LogP contribution is 2.42. The Balaban J connectivity index is 0.000000105. The zero-order chi connectivity index (χ0) is 87.9. The average molecular weight is 1690 g/mol. The summed E-state index contributed by atoms with van der Waals surface area (Å²) >= 11 is 0. The molecule has 24 aromatic rings. The molecule has 1 N–H and O–H groups in total. The highest BCUT2D eigenvalue weighted by Gasteiger charge is 2.20. The van der Waals surface area contributed by atoms with Crippen molar-refractivity contribution < 1.29 is 4.39 Å². The van der Waals surface area contributed by atoms with E-state index in [1.807, 2.05) is 36.4 Å². The van der Waals surface area contributed by atoms with Gasteiger partial charge in [-0.2, -0.15) is 0 Å². The first kappa shape index (κ1) is 81.4. The number of para-hydroxylation sites is 7. The van der Waals surface area contributed by atoms with E-state index in [9.17, 15) is 4.39 Å². The molecule has 0 atom stereocenters. The number of fused-ring (bicyclic) bond motifs is 12. The molecule has 0 aliphatic carbocycles. The molecule has 0 unspecified atom stereocenters. The molecule has 0 saturated heterocycles. The highest BCUT2D eigenvalue weighted by atomic mass is 19.1. The molecule has 0 aliphatic rings. The van der Waals surface area contributed by atoms with Crippen molar-refractivity contribution in [2.24, 2.45) is 0 Å². The lowest BCUT2D eigenvalue weighted by molar-refractivity contribution is 0.629. The van der Waals surface area contributed by atoms with Gasteiger partial charge in [0.25, 0.3) is 0 Å². The van der Waals surface area contributed by atoms with Crippen molar-refractivity contribution >= 4 is 98.6 Å². The molecule has 4 aromatic heterocycles. The van der Waals surface area contributed by atoms with Crippen molar-refractivity contribution in [2.45, 2.75) is 33.1 Å². The minimum Gasteiger partial charge on any atom is -0.355 e. The molecular weight excluding hydrogens is 1590 g/mol. The van der Waals surface area contributed by atoms with E-state index in [1.54, 1.807) is 6.07 Å². The maximum Gasteiger partial charge on any atom is 0.123 e. The second-order valence-corrected chi connectivity index (χ2v) is 33.9. The fourth-order valence-corrected chi connectivity index (χ4v) is 18.8. The van der Waals surface area contributed by atoms with Crippen molar-refractivity contribution in [1.82, 2.24) is 18.3 Å². The number of rotatable bonds is 16. The molecule has 626 valence electrons. The minimum absolute atomic E-state index is 0.217. The Hall–Kier alpha value is -16.7. The summed E-state index contributed by atoms with van der Waals surface area (Å²) in [6, 6.07) is 174. The molecule has 0 fully saturated rings. The molecule has 0 radical (unpaired) electrons. The average Bonchev–Trinajstić information content (AvgIpc) is 1.61. The second kappa shape index (κ2) is 36.7. The third-order valence-corrected chi connectivity index (χ3v) is 25.2. The summed E-state index contributed by atoms with van der Waals surface area (Å²) in [6.45, 7) is 4.33. The topological polar surface area (TPSA) is 31.8 Å². The number of nitrogens with one attached hydrogen (secondary N) is 1. The van der Waals surface area contributed by atoms with Gasteiger partial charge in [0.1, 0.15) is 5.82 Å².